The fourth-order valence-electron chi connectivity index (χ4n) is 4.56. The van der Waals surface area contributed by atoms with E-state index in [1.54, 1.807) is 7.11 Å². The molecule has 0 amide bonds. The molecule has 164 valence electrons. The van der Waals surface area contributed by atoms with Crippen LogP contribution in [0.2, 0.25) is 0 Å². The molecule has 7 heteroatoms. The average Bonchev–Trinajstić information content (AvgIpc) is 2.82. The van der Waals surface area contributed by atoms with E-state index < -0.39 is 0 Å². The first-order chi connectivity index (χ1) is 15.1. The second-order valence-electron chi connectivity index (χ2n) is 8.30. The van der Waals surface area contributed by atoms with E-state index in [1.807, 2.05) is 25.1 Å². The molecule has 0 aliphatic heterocycles. The Kier molecular flexibility index (Phi) is 6.61. The van der Waals surface area contributed by atoms with E-state index >= 15 is 0 Å². The standard InChI is InChI=1S/C24H32N6O/c1-4-13-30(16(2)31-3)21-12-8-11-19(28-21)20-14-18(17-9-6-5-7-10-17)22-23(25)26-15-27-24(22)29-20/h8,11-12,14-17H,4-7,9-10,13H2,1-3H3,(H2,25,26,27,29). The van der Waals surface area contributed by atoms with Crippen molar-refractivity contribution in [2.75, 3.05) is 24.3 Å². The van der Waals surface area contributed by atoms with Crippen molar-refractivity contribution >= 4 is 22.7 Å². The van der Waals surface area contributed by atoms with Crippen LogP contribution in [0.4, 0.5) is 11.6 Å². The van der Waals surface area contributed by atoms with Crippen molar-refractivity contribution < 1.29 is 4.74 Å². The number of hydrogen-bond donors (Lipinski definition) is 1. The third kappa shape index (κ3) is 4.46. The number of aromatic nitrogens is 4. The number of hydrogen-bond acceptors (Lipinski definition) is 7. The van der Waals surface area contributed by atoms with Gasteiger partial charge in [0, 0.05) is 13.7 Å². The molecule has 1 aliphatic rings. The number of ether oxygens (including phenoxy) is 1. The van der Waals surface area contributed by atoms with Gasteiger partial charge in [-0.3, -0.25) is 0 Å². The van der Waals surface area contributed by atoms with Gasteiger partial charge >= 0.3 is 0 Å². The number of nitrogens with two attached hydrogens (primary N) is 1. The maximum absolute atomic E-state index is 6.27. The highest BCUT2D eigenvalue weighted by Gasteiger charge is 2.22. The molecule has 1 aliphatic carbocycles. The molecule has 0 bridgehead atoms. The van der Waals surface area contributed by atoms with Crippen molar-refractivity contribution in [1.29, 1.82) is 0 Å². The van der Waals surface area contributed by atoms with Crippen LogP contribution < -0.4 is 10.6 Å². The monoisotopic (exact) mass is 420 g/mol. The summed E-state index contributed by atoms with van der Waals surface area (Å²) in [5.41, 5.74) is 9.79. The number of rotatable bonds is 7. The average molecular weight is 421 g/mol. The molecule has 1 saturated carbocycles. The van der Waals surface area contributed by atoms with Crippen LogP contribution in [0.25, 0.3) is 22.4 Å². The molecule has 4 rings (SSSR count). The SMILES string of the molecule is CCCN(c1cccc(-c2cc(C3CCCCC3)c3c(N)ncnc3n2)n1)C(C)OC. The summed E-state index contributed by atoms with van der Waals surface area (Å²) in [5, 5.41) is 0.898. The van der Waals surface area contributed by atoms with Gasteiger partial charge in [-0.1, -0.05) is 32.3 Å². The Morgan fingerprint density at radius 3 is 2.68 bits per heavy atom. The predicted octanol–water partition coefficient (Wildman–Crippen LogP) is 4.93. The van der Waals surface area contributed by atoms with Crippen molar-refractivity contribution in [1.82, 2.24) is 19.9 Å². The number of anilines is 2. The third-order valence-electron chi connectivity index (χ3n) is 6.24. The van der Waals surface area contributed by atoms with E-state index in [-0.39, 0.29) is 6.23 Å². The number of nitrogens with zero attached hydrogens (tertiary/aromatic N) is 5. The summed E-state index contributed by atoms with van der Waals surface area (Å²) in [6, 6.07) is 8.23. The van der Waals surface area contributed by atoms with Crippen LogP contribution >= 0.6 is 0 Å². The molecule has 31 heavy (non-hydrogen) atoms. The molecule has 3 aromatic heterocycles. The van der Waals surface area contributed by atoms with Gasteiger partial charge in [-0.25, -0.2) is 19.9 Å². The smallest absolute Gasteiger partial charge is 0.165 e. The second-order valence-corrected chi connectivity index (χ2v) is 8.30. The van der Waals surface area contributed by atoms with Gasteiger partial charge in [0.05, 0.1) is 16.8 Å². The van der Waals surface area contributed by atoms with Crippen LogP contribution in [0.15, 0.2) is 30.6 Å². The zero-order chi connectivity index (χ0) is 21.8. The molecule has 3 heterocycles. The highest BCUT2D eigenvalue weighted by atomic mass is 16.5. The minimum absolute atomic E-state index is 0.0578. The lowest BCUT2D eigenvalue weighted by Crippen LogP contribution is -2.35. The van der Waals surface area contributed by atoms with Gasteiger partial charge in [0.25, 0.3) is 0 Å². The highest BCUT2D eigenvalue weighted by Crippen LogP contribution is 2.38. The summed E-state index contributed by atoms with van der Waals surface area (Å²) in [4.78, 5) is 20.7. The summed E-state index contributed by atoms with van der Waals surface area (Å²) >= 11 is 0. The number of nitrogen functional groups attached to an aromatic ring is 1. The summed E-state index contributed by atoms with van der Waals surface area (Å²) in [5.74, 6) is 1.85. The van der Waals surface area contributed by atoms with Gasteiger partial charge in [-0.15, -0.1) is 0 Å². The molecule has 0 radical (unpaired) electrons. The lowest BCUT2D eigenvalue weighted by Gasteiger charge is -2.29. The van der Waals surface area contributed by atoms with E-state index in [9.17, 15) is 0 Å². The summed E-state index contributed by atoms with van der Waals surface area (Å²) < 4.78 is 5.57. The van der Waals surface area contributed by atoms with Crippen LogP contribution in [0, 0.1) is 0 Å². The molecule has 0 spiro atoms. The van der Waals surface area contributed by atoms with Gasteiger partial charge in [-0.2, -0.15) is 0 Å². The zero-order valence-electron chi connectivity index (χ0n) is 18.7. The van der Waals surface area contributed by atoms with Crippen molar-refractivity contribution in [2.24, 2.45) is 0 Å². The van der Waals surface area contributed by atoms with E-state index in [4.69, 9.17) is 20.4 Å². The normalized spacial score (nSPS) is 15.8. The molecule has 1 atom stereocenters. The Morgan fingerprint density at radius 1 is 1.13 bits per heavy atom. The molecule has 2 N–H and O–H groups in total. The van der Waals surface area contributed by atoms with Crippen molar-refractivity contribution in [3.8, 4) is 11.4 Å². The molecule has 7 nitrogen and oxygen atoms in total. The maximum atomic E-state index is 6.27. The second kappa shape index (κ2) is 9.56. The first kappa shape index (κ1) is 21.4. The van der Waals surface area contributed by atoms with Gasteiger partial charge in [0.1, 0.15) is 24.2 Å². The molecule has 1 fully saturated rings. The maximum Gasteiger partial charge on any atom is 0.165 e. The fourth-order valence-corrected chi connectivity index (χ4v) is 4.56. The van der Waals surface area contributed by atoms with Gasteiger partial charge < -0.3 is 15.4 Å². The van der Waals surface area contributed by atoms with E-state index in [1.165, 1.54) is 31.2 Å². The predicted molar refractivity (Wildman–Crippen MR) is 125 cm³/mol. The Labute approximate surface area is 184 Å². The first-order valence-electron chi connectivity index (χ1n) is 11.3. The summed E-state index contributed by atoms with van der Waals surface area (Å²) in [6.45, 7) is 5.07. The number of fused-ring (bicyclic) bond motifs is 1. The van der Waals surface area contributed by atoms with Crippen molar-refractivity contribution in [2.45, 2.75) is 64.5 Å². The topological polar surface area (TPSA) is 90.1 Å². The van der Waals surface area contributed by atoms with Crippen LogP contribution in [0.1, 0.15) is 63.9 Å². The molecular weight excluding hydrogens is 388 g/mol. The largest absolute Gasteiger partial charge is 0.383 e. The first-order valence-corrected chi connectivity index (χ1v) is 11.3. The van der Waals surface area contributed by atoms with E-state index in [0.29, 0.717) is 17.4 Å². The molecule has 0 aromatic carbocycles. The van der Waals surface area contributed by atoms with Gasteiger partial charge in [0.15, 0.2) is 5.65 Å². The minimum atomic E-state index is -0.0578. The van der Waals surface area contributed by atoms with Crippen LogP contribution in [0.5, 0.6) is 0 Å². The quantitative estimate of drug-likeness (QED) is 0.542. The lowest BCUT2D eigenvalue weighted by molar-refractivity contribution is 0.113. The van der Waals surface area contributed by atoms with Gasteiger partial charge in [0.2, 0.25) is 0 Å². The zero-order valence-corrected chi connectivity index (χ0v) is 18.7. The Bertz CT molecular complexity index is 1030. The fraction of sp³-hybridized carbons (Fsp3) is 0.500. The Morgan fingerprint density at radius 2 is 1.94 bits per heavy atom. The highest BCUT2D eigenvalue weighted by molar-refractivity contribution is 5.90. The molecule has 1 unspecified atom stereocenters. The number of methoxy groups -OCH3 is 1. The van der Waals surface area contributed by atoms with Crippen molar-refractivity contribution in [3.63, 3.8) is 0 Å². The van der Waals surface area contributed by atoms with E-state index in [0.717, 1.165) is 48.4 Å². The minimum Gasteiger partial charge on any atom is -0.383 e. The Hall–Kier alpha value is -2.80. The van der Waals surface area contributed by atoms with Crippen LogP contribution in [-0.2, 0) is 4.74 Å². The van der Waals surface area contributed by atoms with Crippen LogP contribution in [-0.4, -0.2) is 39.8 Å². The molecular formula is C24H32N6O. The lowest BCUT2D eigenvalue weighted by atomic mass is 9.82. The third-order valence-corrected chi connectivity index (χ3v) is 6.24. The molecule has 3 aromatic rings. The summed E-state index contributed by atoms with van der Waals surface area (Å²) in [7, 11) is 1.72. The summed E-state index contributed by atoms with van der Waals surface area (Å²) in [6.07, 6.45) is 8.55. The van der Waals surface area contributed by atoms with Crippen molar-refractivity contribution in [3.05, 3.63) is 36.2 Å². The van der Waals surface area contributed by atoms with E-state index in [2.05, 4.69) is 27.9 Å². The van der Waals surface area contributed by atoms with Gasteiger partial charge in [-0.05, 0) is 55.9 Å². The Balaban J connectivity index is 1.81. The molecule has 0 saturated heterocycles. The van der Waals surface area contributed by atoms with Crippen LogP contribution in [0.3, 0.4) is 0 Å². The number of pyridine rings is 2.